The van der Waals surface area contributed by atoms with E-state index in [0.29, 0.717) is 24.4 Å². The normalized spacial score (nSPS) is 11.7. The lowest BCUT2D eigenvalue weighted by atomic mass is 10.2. The van der Waals surface area contributed by atoms with Gasteiger partial charge < -0.3 is 9.64 Å². The number of nitrogens with zero attached hydrogens (tertiary/aromatic N) is 2. The molecule has 2 aromatic rings. The van der Waals surface area contributed by atoms with Gasteiger partial charge in [-0.2, -0.15) is 0 Å². The van der Waals surface area contributed by atoms with Gasteiger partial charge in [0.25, 0.3) is 0 Å². The Morgan fingerprint density at radius 1 is 1.00 bits per heavy atom. The Morgan fingerprint density at radius 3 is 2.29 bits per heavy atom. The number of hydrogen-bond donors (Lipinski definition) is 0. The molecule has 0 N–H and O–H groups in total. The SMILES string of the molecule is Cc1ccccc1N(CC(=O)N(C)CCCOc1cccc(S(C)(=O)=O)c1)S(C)(=O)=O. The zero-order valence-corrected chi connectivity index (χ0v) is 19.7. The minimum atomic E-state index is -3.63. The highest BCUT2D eigenvalue weighted by Gasteiger charge is 2.23. The predicted octanol–water partition coefficient (Wildman–Crippen LogP) is 2.09. The highest BCUT2D eigenvalue weighted by molar-refractivity contribution is 7.92. The second-order valence-corrected chi connectivity index (χ2v) is 11.2. The van der Waals surface area contributed by atoms with Gasteiger partial charge in [0.2, 0.25) is 15.9 Å². The second kappa shape index (κ2) is 10.1. The molecule has 0 atom stereocenters. The van der Waals surface area contributed by atoms with Crippen LogP contribution in [0.2, 0.25) is 0 Å². The molecule has 0 spiro atoms. The first-order valence-electron chi connectivity index (χ1n) is 9.60. The molecular formula is C21H28N2O6S2. The monoisotopic (exact) mass is 468 g/mol. The molecule has 10 heteroatoms. The van der Waals surface area contributed by atoms with Gasteiger partial charge in [0, 0.05) is 19.8 Å². The Balaban J connectivity index is 1.93. The van der Waals surface area contributed by atoms with Gasteiger partial charge in [0.1, 0.15) is 12.3 Å². The van der Waals surface area contributed by atoms with Crippen LogP contribution in [0.4, 0.5) is 5.69 Å². The number of amides is 1. The maximum atomic E-state index is 12.6. The van der Waals surface area contributed by atoms with Crippen molar-refractivity contribution in [1.82, 2.24) is 4.90 Å². The van der Waals surface area contributed by atoms with Gasteiger partial charge in [-0.15, -0.1) is 0 Å². The third-order valence-electron chi connectivity index (χ3n) is 4.63. The summed E-state index contributed by atoms with van der Waals surface area (Å²) in [7, 11) is -5.35. The molecule has 0 heterocycles. The topological polar surface area (TPSA) is 101 Å². The number of sulfone groups is 1. The summed E-state index contributed by atoms with van der Waals surface area (Å²) in [5.41, 5.74) is 1.23. The second-order valence-electron chi connectivity index (χ2n) is 7.32. The Kier molecular flexibility index (Phi) is 8.08. The molecule has 0 saturated carbocycles. The van der Waals surface area contributed by atoms with Crippen molar-refractivity contribution >= 4 is 31.5 Å². The highest BCUT2D eigenvalue weighted by Crippen LogP contribution is 2.22. The number of para-hydroxylation sites is 1. The summed E-state index contributed by atoms with van der Waals surface area (Å²) in [5, 5.41) is 0. The molecule has 0 aliphatic heterocycles. The summed E-state index contributed by atoms with van der Waals surface area (Å²) in [6.07, 6.45) is 2.70. The van der Waals surface area contributed by atoms with E-state index in [9.17, 15) is 21.6 Å². The number of rotatable bonds is 10. The van der Waals surface area contributed by atoms with Crippen molar-refractivity contribution in [3.8, 4) is 5.75 Å². The van der Waals surface area contributed by atoms with E-state index >= 15 is 0 Å². The minimum absolute atomic E-state index is 0.175. The first-order chi connectivity index (χ1) is 14.4. The summed E-state index contributed by atoms with van der Waals surface area (Å²) in [5.74, 6) is 0.0902. The number of carbonyl (C=O) groups is 1. The highest BCUT2D eigenvalue weighted by atomic mass is 32.2. The first kappa shape index (κ1) is 24.7. The van der Waals surface area contributed by atoms with E-state index in [1.54, 1.807) is 50.4 Å². The molecule has 0 aliphatic carbocycles. The van der Waals surface area contributed by atoms with E-state index in [0.717, 1.165) is 22.4 Å². The lowest BCUT2D eigenvalue weighted by Crippen LogP contribution is -2.42. The number of benzene rings is 2. The first-order valence-corrected chi connectivity index (χ1v) is 13.3. The largest absolute Gasteiger partial charge is 0.493 e. The lowest BCUT2D eigenvalue weighted by Gasteiger charge is -2.26. The molecular weight excluding hydrogens is 440 g/mol. The molecule has 0 aromatic heterocycles. The van der Waals surface area contributed by atoms with Gasteiger partial charge in [0.15, 0.2) is 9.84 Å². The third-order valence-corrected chi connectivity index (χ3v) is 6.87. The van der Waals surface area contributed by atoms with Gasteiger partial charge in [-0.1, -0.05) is 24.3 Å². The average Bonchev–Trinajstić information content (AvgIpc) is 2.68. The molecule has 0 radical (unpaired) electrons. The molecule has 31 heavy (non-hydrogen) atoms. The number of anilines is 1. The standard InChI is InChI=1S/C21H28N2O6S2/c1-17-9-5-6-12-20(17)23(31(4,27)28)16-21(24)22(2)13-8-14-29-18-10-7-11-19(15-18)30(3,25)26/h5-7,9-12,15H,8,13-14,16H2,1-4H3. The number of sulfonamides is 1. The van der Waals surface area contributed by atoms with E-state index < -0.39 is 19.9 Å². The van der Waals surface area contributed by atoms with E-state index in [1.807, 2.05) is 0 Å². The maximum absolute atomic E-state index is 12.6. The molecule has 0 unspecified atom stereocenters. The Hall–Kier alpha value is -2.59. The van der Waals surface area contributed by atoms with Crippen LogP contribution >= 0.6 is 0 Å². The summed E-state index contributed by atoms with van der Waals surface area (Å²) in [6.45, 7) is 2.13. The summed E-state index contributed by atoms with van der Waals surface area (Å²) in [6, 6.07) is 13.2. The summed E-state index contributed by atoms with van der Waals surface area (Å²) >= 11 is 0. The zero-order valence-electron chi connectivity index (χ0n) is 18.1. The van der Waals surface area contributed by atoms with E-state index in [4.69, 9.17) is 4.74 Å². The van der Waals surface area contributed by atoms with Gasteiger partial charge in [-0.05, 0) is 43.2 Å². The molecule has 2 aromatic carbocycles. The van der Waals surface area contributed by atoms with Crippen LogP contribution in [0.15, 0.2) is 53.4 Å². The van der Waals surface area contributed by atoms with Crippen LogP contribution in [0.5, 0.6) is 5.75 Å². The van der Waals surface area contributed by atoms with Crippen molar-refractivity contribution in [3.63, 3.8) is 0 Å². The number of hydrogen-bond acceptors (Lipinski definition) is 6. The fraction of sp³-hybridized carbons (Fsp3) is 0.381. The van der Waals surface area contributed by atoms with E-state index in [1.165, 1.54) is 17.0 Å². The molecule has 0 saturated heterocycles. The van der Waals surface area contributed by atoms with Crippen molar-refractivity contribution in [3.05, 3.63) is 54.1 Å². The fourth-order valence-electron chi connectivity index (χ4n) is 2.88. The van der Waals surface area contributed by atoms with Crippen molar-refractivity contribution in [2.24, 2.45) is 0 Å². The van der Waals surface area contributed by atoms with Crippen molar-refractivity contribution < 1.29 is 26.4 Å². The molecule has 1 amide bonds. The van der Waals surface area contributed by atoms with Crippen LogP contribution in [-0.2, 0) is 24.7 Å². The van der Waals surface area contributed by atoms with Crippen molar-refractivity contribution in [1.29, 1.82) is 0 Å². The quantitative estimate of drug-likeness (QED) is 0.495. The fourth-order valence-corrected chi connectivity index (χ4v) is 4.44. The molecule has 0 bridgehead atoms. The van der Waals surface area contributed by atoms with Gasteiger partial charge in [-0.3, -0.25) is 9.10 Å². The molecule has 170 valence electrons. The maximum Gasteiger partial charge on any atom is 0.243 e. The summed E-state index contributed by atoms with van der Waals surface area (Å²) in [4.78, 5) is 14.2. The van der Waals surface area contributed by atoms with Crippen LogP contribution in [0, 0.1) is 6.92 Å². The third kappa shape index (κ3) is 7.25. The van der Waals surface area contributed by atoms with Gasteiger partial charge >= 0.3 is 0 Å². The van der Waals surface area contributed by atoms with Gasteiger partial charge in [0.05, 0.1) is 23.4 Å². The Bertz CT molecular complexity index is 1130. The Labute approximate surface area is 184 Å². The lowest BCUT2D eigenvalue weighted by molar-refractivity contribution is -0.128. The molecule has 8 nitrogen and oxygen atoms in total. The molecule has 0 aliphatic rings. The zero-order chi connectivity index (χ0) is 23.2. The number of carbonyl (C=O) groups excluding carboxylic acids is 1. The average molecular weight is 469 g/mol. The minimum Gasteiger partial charge on any atom is -0.493 e. The molecule has 2 rings (SSSR count). The smallest absolute Gasteiger partial charge is 0.243 e. The Morgan fingerprint density at radius 2 is 1.68 bits per heavy atom. The number of aryl methyl sites for hydroxylation is 1. The van der Waals surface area contributed by atoms with Gasteiger partial charge in [-0.25, -0.2) is 16.8 Å². The van der Waals surface area contributed by atoms with E-state index in [2.05, 4.69) is 0 Å². The number of ether oxygens (including phenoxy) is 1. The predicted molar refractivity (Wildman–Crippen MR) is 121 cm³/mol. The number of likely N-dealkylation sites (N-methyl/N-ethyl adjacent to an activating group) is 1. The van der Waals surface area contributed by atoms with Crippen molar-refractivity contribution in [2.75, 3.05) is 43.6 Å². The van der Waals surface area contributed by atoms with Crippen LogP contribution in [0.1, 0.15) is 12.0 Å². The van der Waals surface area contributed by atoms with Crippen LogP contribution in [-0.4, -0.2) is 66.9 Å². The van der Waals surface area contributed by atoms with Crippen LogP contribution in [0.25, 0.3) is 0 Å². The van der Waals surface area contributed by atoms with Crippen molar-refractivity contribution in [2.45, 2.75) is 18.2 Å². The summed E-state index contributed by atoms with van der Waals surface area (Å²) < 4.78 is 54.4. The van der Waals surface area contributed by atoms with E-state index in [-0.39, 0.29) is 24.0 Å². The van der Waals surface area contributed by atoms with Crippen LogP contribution in [0.3, 0.4) is 0 Å². The molecule has 0 fully saturated rings. The van der Waals surface area contributed by atoms with Crippen LogP contribution < -0.4 is 9.04 Å².